The first-order chi connectivity index (χ1) is 21.8. The van der Waals surface area contributed by atoms with E-state index in [1.165, 1.54) is 76.3 Å². The van der Waals surface area contributed by atoms with Crippen LogP contribution in [-0.4, -0.2) is 4.98 Å². The van der Waals surface area contributed by atoms with E-state index in [-0.39, 0.29) is 0 Å². The number of fused-ring (bicyclic) bond motifs is 6. The van der Waals surface area contributed by atoms with Crippen molar-refractivity contribution in [3.8, 4) is 33.5 Å². The zero-order valence-corrected chi connectivity index (χ0v) is 24.0. The second kappa shape index (κ2) is 9.90. The Morgan fingerprint density at radius 1 is 0.318 bits per heavy atom. The Bertz CT molecular complexity index is 2480. The van der Waals surface area contributed by atoms with Gasteiger partial charge in [0.1, 0.15) is 0 Å². The van der Waals surface area contributed by atoms with Gasteiger partial charge in [0.05, 0.1) is 11.2 Å². The minimum atomic E-state index is 1.00. The van der Waals surface area contributed by atoms with Gasteiger partial charge in [-0.1, -0.05) is 158 Å². The van der Waals surface area contributed by atoms with Crippen LogP contribution in [0.3, 0.4) is 0 Å². The van der Waals surface area contributed by atoms with Crippen molar-refractivity contribution in [1.82, 2.24) is 4.98 Å². The maximum atomic E-state index is 5.54. The fourth-order valence-electron chi connectivity index (χ4n) is 7.09. The molecule has 0 atom stereocenters. The van der Waals surface area contributed by atoms with E-state index in [4.69, 9.17) is 4.98 Å². The molecule has 0 radical (unpaired) electrons. The average Bonchev–Trinajstić information content (AvgIpc) is 3.10. The highest BCUT2D eigenvalue weighted by Crippen LogP contribution is 2.45. The minimum absolute atomic E-state index is 1.00. The van der Waals surface area contributed by atoms with Crippen LogP contribution >= 0.6 is 0 Å². The second-order valence-corrected chi connectivity index (χ2v) is 11.5. The molecule has 0 aliphatic carbocycles. The fraction of sp³-hybridized carbons (Fsp3) is 0. The highest BCUT2D eigenvalue weighted by molar-refractivity contribution is 6.24. The highest BCUT2D eigenvalue weighted by Gasteiger charge is 2.20. The van der Waals surface area contributed by atoms with Crippen LogP contribution in [0.2, 0.25) is 0 Å². The SMILES string of the molecule is c1ccc(-c2c3ccccc3c(-c3nc4cc(-c5cccc6ccccc56)ccc4c4ccccc34)c3ccccc23)cc1. The van der Waals surface area contributed by atoms with Gasteiger partial charge in [-0.05, 0) is 66.0 Å². The van der Waals surface area contributed by atoms with Crippen LogP contribution in [0.1, 0.15) is 0 Å². The Kier molecular flexibility index (Phi) is 5.57. The number of rotatable bonds is 3. The van der Waals surface area contributed by atoms with Crippen LogP contribution in [0.25, 0.3) is 87.5 Å². The van der Waals surface area contributed by atoms with Crippen LogP contribution in [0.4, 0.5) is 0 Å². The molecule has 0 amide bonds. The average molecular weight is 558 g/mol. The molecule has 8 aromatic carbocycles. The first-order valence-electron chi connectivity index (χ1n) is 15.1. The third-order valence-corrected chi connectivity index (χ3v) is 9.03. The zero-order chi connectivity index (χ0) is 29.0. The molecule has 0 aliphatic heterocycles. The van der Waals surface area contributed by atoms with Crippen LogP contribution in [0.15, 0.2) is 164 Å². The summed E-state index contributed by atoms with van der Waals surface area (Å²) in [6.45, 7) is 0. The van der Waals surface area contributed by atoms with Crippen molar-refractivity contribution in [3.05, 3.63) is 164 Å². The molecule has 0 unspecified atom stereocenters. The largest absolute Gasteiger partial charge is 0.247 e. The molecule has 0 aliphatic rings. The molecule has 1 aromatic heterocycles. The lowest BCUT2D eigenvalue weighted by Crippen LogP contribution is -1.95. The predicted molar refractivity (Wildman–Crippen MR) is 188 cm³/mol. The van der Waals surface area contributed by atoms with E-state index in [1.807, 2.05) is 0 Å². The summed E-state index contributed by atoms with van der Waals surface area (Å²) in [6.07, 6.45) is 0. The summed E-state index contributed by atoms with van der Waals surface area (Å²) in [5.41, 5.74) is 8.11. The van der Waals surface area contributed by atoms with Gasteiger partial charge in [-0.2, -0.15) is 0 Å². The van der Waals surface area contributed by atoms with E-state index in [0.717, 1.165) is 11.2 Å². The van der Waals surface area contributed by atoms with Crippen molar-refractivity contribution >= 4 is 54.0 Å². The van der Waals surface area contributed by atoms with E-state index < -0.39 is 0 Å². The molecule has 0 spiro atoms. The number of pyridine rings is 1. The van der Waals surface area contributed by atoms with Crippen molar-refractivity contribution < 1.29 is 0 Å². The summed E-state index contributed by atoms with van der Waals surface area (Å²) in [5, 5.41) is 11.0. The van der Waals surface area contributed by atoms with Gasteiger partial charge >= 0.3 is 0 Å². The molecule has 1 heteroatoms. The third-order valence-electron chi connectivity index (χ3n) is 9.03. The lowest BCUT2D eigenvalue weighted by atomic mass is 9.86. The van der Waals surface area contributed by atoms with Crippen molar-refractivity contribution in [2.24, 2.45) is 0 Å². The Balaban J connectivity index is 1.40. The maximum absolute atomic E-state index is 5.54. The number of benzene rings is 8. The molecule has 0 fully saturated rings. The Labute approximate surface area is 255 Å². The molecule has 0 saturated carbocycles. The molecule has 44 heavy (non-hydrogen) atoms. The quantitative estimate of drug-likeness (QED) is 0.155. The fourth-order valence-corrected chi connectivity index (χ4v) is 7.09. The van der Waals surface area contributed by atoms with E-state index >= 15 is 0 Å². The molecule has 204 valence electrons. The summed E-state index contributed by atoms with van der Waals surface area (Å²) >= 11 is 0. The van der Waals surface area contributed by atoms with Gasteiger partial charge in [0.15, 0.2) is 0 Å². The molecule has 1 nitrogen and oxygen atoms in total. The zero-order valence-electron chi connectivity index (χ0n) is 24.0. The number of aromatic nitrogens is 1. The lowest BCUT2D eigenvalue weighted by Gasteiger charge is -2.19. The van der Waals surface area contributed by atoms with Crippen LogP contribution in [-0.2, 0) is 0 Å². The summed E-state index contributed by atoms with van der Waals surface area (Å²) < 4.78 is 0. The maximum Gasteiger partial charge on any atom is 0.0800 e. The van der Waals surface area contributed by atoms with Gasteiger partial charge in [-0.25, -0.2) is 4.98 Å². The van der Waals surface area contributed by atoms with E-state index in [1.54, 1.807) is 0 Å². The first-order valence-corrected chi connectivity index (χ1v) is 15.1. The van der Waals surface area contributed by atoms with E-state index in [9.17, 15) is 0 Å². The van der Waals surface area contributed by atoms with Gasteiger partial charge in [0.25, 0.3) is 0 Å². The second-order valence-electron chi connectivity index (χ2n) is 11.5. The van der Waals surface area contributed by atoms with Gasteiger partial charge in [0.2, 0.25) is 0 Å². The highest BCUT2D eigenvalue weighted by atomic mass is 14.7. The standard InChI is InChI=1S/C43H27N/c1-2-14-29(15-3-1)41-35-19-7-9-21-37(35)42(38-22-10-8-20-36(38)41)43-39-23-11-6-18-33(39)34-26-25-30(27-40(34)44-43)32-24-12-16-28-13-4-5-17-31(28)32/h1-27H. The van der Waals surface area contributed by atoms with E-state index in [2.05, 4.69) is 164 Å². The third kappa shape index (κ3) is 3.76. The normalized spacial score (nSPS) is 11.6. The van der Waals surface area contributed by atoms with E-state index in [0.29, 0.717) is 0 Å². The molecule has 0 saturated heterocycles. The molecular weight excluding hydrogens is 530 g/mol. The molecule has 9 rings (SSSR count). The van der Waals surface area contributed by atoms with Gasteiger partial charge < -0.3 is 0 Å². The monoisotopic (exact) mass is 557 g/mol. The lowest BCUT2D eigenvalue weighted by molar-refractivity contribution is 1.44. The number of nitrogens with zero attached hydrogens (tertiary/aromatic N) is 1. The minimum Gasteiger partial charge on any atom is -0.247 e. The smallest absolute Gasteiger partial charge is 0.0800 e. The number of hydrogen-bond acceptors (Lipinski definition) is 1. The van der Waals surface area contributed by atoms with Crippen molar-refractivity contribution in [2.75, 3.05) is 0 Å². The summed E-state index contributed by atoms with van der Waals surface area (Å²) in [6, 6.07) is 59.1. The van der Waals surface area contributed by atoms with Crippen LogP contribution in [0.5, 0.6) is 0 Å². The van der Waals surface area contributed by atoms with Gasteiger partial charge in [-0.15, -0.1) is 0 Å². The molecule has 9 aromatic rings. The molecule has 0 bridgehead atoms. The Morgan fingerprint density at radius 3 is 1.57 bits per heavy atom. The predicted octanol–water partition coefficient (Wildman–Crippen LogP) is 11.8. The van der Waals surface area contributed by atoms with Crippen molar-refractivity contribution in [1.29, 1.82) is 0 Å². The number of hydrogen-bond donors (Lipinski definition) is 0. The molecular formula is C43H27N. The van der Waals surface area contributed by atoms with Crippen LogP contribution < -0.4 is 0 Å². The van der Waals surface area contributed by atoms with Crippen molar-refractivity contribution in [3.63, 3.8) is 0 Å². The van der Waals surface area contributed by atoms with Crippen molar-refractivity contribution in [2.45, 2.75) is 0 Å². The summed E-state index contributed by atoms with van der Waals surface area (Å²) in [5.74, 6) is 0. The molecule has 1 heterocycles. The Morgan fingerprint density at radius 2 is 0.864 bits per heavy atom. The Hall–Kier alpha value is -5.79. The summed E-state index contributed by atoms with van der Waals surface area (Å²) in [4.78, 5) is 5.54. The summed E-state index contributed by atoms with van der Waals surface area (Å²) in [7, 11) is 0. The van der Waals surface area contributed by atoms with Gasteiger partial charge in [0, 0.05) is 16.3 Å². The first kappa shape index (κ1) is 24.8. The van der Waals surface area contributed by atoms with Gasteiger partial charge in [-0.3, -0.25) is 0 Å². The molecule has 0 N–H and O–H groups in total. The van der Waals surface area contributed by atoms with Crippen LogP contribution in [0, 0.1) is 0 Å². The topological polar surface area (TPSA) is 12.9 Å².